The molecule has 4 atom stereocenters. The summed E-state index contributed by atoms with van der Waals surface area (Å²) in [7, 11) is 0. The third kappa shape index (κ3) is 3.78. The van der Waals surface area contributed by atoms with Gasteiger partial charge in [0.2, 0.25) is 11.8 Å². The van der Waals surface area contributed by atoms with Crippen LogP contribution in [0.3, 0.4) is 0 Å². The number of thiophene rings is 1. The van der Waals surface area contributed by atoms with Gasteiger partial charge in [0.25, 0.3) is 0 Å². The Morgan fingerprint density at radius 1 is 1.21 bits per heavy atom. The molecule has 0 spiro atoms. The smallest absolute Gasteiger partial charge is 0.328 e. The molecule has 10 heteroatoms. The van der Waals surface area contributed by atoms with Crippen LogP contribution in [-0.2, 0) is 32.0 Å². The molecule has 1 unspecified atom stereocenters. The van der Waals surface area contributed by atoms with Crippen LogP contribution in [-0.4, -0.2) is 56.0 Å². The lowest BCUT2D eigenvalue weighted by atomic mass is 9.95. The molecule has 2 amide bonds. The average molecular weight is 501 g/mol. The van der Waals surface area contributed by atoms with Gasteiger partial charge in [0.15, 0.2) is 5.92 Å². The van der Waals surface area contributed by atoms with Crippen LogP contribution in [0, 0.1) is 0 Å². The Bertz CT molecular complexity index is 1180. The zero-order valence-electron chi connectivity index (χ0n) is 18.6. The van der Waals surface area contributed by atoms with E-state index in [0.717, 1.165) is 24.8 Å². The van der Waals surface area contributed by atoms with Crippen molar-refractivity contribution in [3.8, 4) is 5.75 Å². The largest absolute Gasteiger partial charge is 0.480 e. The van der Waals surface area contributed by atoms with E-state index in [1.54, 1.807) is 36.7 Å². The molecule has 0 bridgehead atoms. The fourth-order valence-electron chi connectivity index (χ4n) is 5.00. The normalized spacial score (nSPS) is 25.2. The maximum Gasteiger partial charge on any atom is 0.328 e. The molecule has 5 rings (SSSR count). The Balaban J connectivity index is 1.33. The second-order valence-electron chi connectivity index (χ2n) is 9.28. The highest BCUT2D eigenvalue weighted by Gasteiger charge is 2.64. The van der Waals surface area contributed by atoms with E-state index in [1.807, 2.05) is 12.1 Å². The first kappa shape index (κ1) is 22.9. The van der Waals surface area contributed by atoms with Crippen molar-refractivity contribution < 1.29 is 29.0 Å². The number of nitrogens with zero attached hydrogens (tertiary/aromatic N) is 1. The summed E-state index contributed by atoms with van der Waals surface area (Å²) in [4.78, 5) is 52.2. The van der Waals surface area contributed by atoms with Crippen molar-refractivity contribution in [1.29, 1.82) is 0 Å². The van der Waals surface area contributed by atoms with E-state index in [9.17, 15) is 24.3 Å². The number of carbonyl (C=O) groups is 4. The van der Waals surface area contributed by atoms with E-state index in [0.29, 0.717) is 11.3 Å². The highest BCUT2D eigenvalue weighted by Crippen LogP contribution is 2.50. The Morgan fingerprint density at radius 2 is 1.97 bits per heavy atom. The Hall–Kier alpha value is -2.85. The Morgan fingerprint density at radius 3 is 2.68 bits per heavy atom. The van der Waals surface area contributed by atoms with Gasteiger partial charge in [-0.3, -0.25) is 14.4 Å². The minimum atomic E-state index is -1.24. The highest BCUT2D eigenvalue weighted by atomic mass is 32.2. The third-order valence-electron chi connectivity index (χ3n) is 6.64. The van der Waals surface area contributed by atoms with Gasteiger partial charge < -0.3 is 20.1 Å². The molecular weight excluding hydrogens is 476 g/mol. The number of ether oxygens (including phenoxy) is 1. The number of carboxylic acid groups (broad SMARTS) is 1. The van der Waals surface area contributed by atoms with Gasteiger partial charge >= 0.3 is 11.9 Å². The number of fused-ring (bicyclic) bond motifs is 2. The van der Waals surface area contributed by atoms with Crippen LogP contribution in [0.15, 0.2) is 35.0 Å². The van der Waals surface area contributed by atoms with E-state index in [4.69, 9.17) is 4.74 Å². The van der Waals surface area contributed by atoms with Crippen LogP contribution in [0.2, 0.25) is 0 Å². The number of rotatable bonds is 6. The predicted molar refractivity (Wildman–Crippen MR) is 127 cm³/mol. The summed E-state index contributed by atoms with van der Waals surface area (Å²) in [5.41, 5.74) is 2.88. The number of hydrogen-bond donors (Lipinski definition) is 2. The fraction of sp³-hybridized carbons (Fsp3) is 0.417. The minimum absolute atomic E-state index is 0.391. The number of aliphatic carboxylic acids is 1. The van der Waals surface area contributed by atoms with Gasteiger partial charge in [-0.25, -0.2) is 4.79 Å². The SMILES string of the molecule is CC1(C)S[C@@H]2[C@H](NC(=O)C(C(=O)Oc3ccc4c(c3)CCC4)c3ccsc3)C(=O)N2[C@H]1C(=O)O. The molecule has 0 saturated carbocycles. The van der Waals surface area contributed by atoms with Gasteiger partial charge in [-0.1, -0.05) is 6.07 Å². The van der Waals surface area contributed by atoms with Crippen molar-refractivity contribution in [2.75, 3.05) is 0 Å². The van der Waals surface area contributed by atoms with Crippen molar-refractivity contribution in [3.05, 3.63) is 51.7 Å². The first-order chi connectivity index (χ1) is 16.2. The number of amides is 2. The molecule has 2 N–H and O–H groups in total. The fourth-order valence-corrected chi connectivity index (χ4v) is 7.31. The summed E-state index contributed by atoms with van der Waals surface area (Å²) >= 11 is 2.69. The van der Waals surface area contributed by atoms with Crippen LogP contribution >= 0.6 is 23.1 Å². The van der Waals surface area contributed by atoms with Crippen molar-refractivity contribution in [2.45, 2.75) is 61.2 Å². The number of esters is 1. The number of hydrogen-bond acceptors (Lipinski definition) is 7. The van der Waals surface area contributed by atoms with Crippen LogP contribution in [0.1, 0.15) is 42.9 Å². The van der Waals surface area contributed by atoms with Crippen molar-refractivity contribution in [2.24, 2.45) is 0 Å². The molecule has 0 radical (unpaired) electrons. The van der Waals surface area contributed by atoms with Crippen LogP contribution < -0.4 is 10.1 Å². The van der Waals surface area contributed by atoms with Crippen molar-refractivity contribution in [1.82, 2.24) is 10.2 Å². The molecule has 8 nitrogen and oxygen atoms in total. The number of carboxylic acids is 1. The molecular formula is C24H24N2O6S2. The van der Waals surface area contributed by atoms with E-state index < -0.39 is 51.9 Å². The lowest BCUT2D eigenvalue weighted by Crippen LogP contribution is -2.71. The number of carbonyl (C=O) groups excluding carboxylic acids is 3. The standard InChI is InChI=1S/C24H24N2O6S2/c1-24(2)18(22(29)30)26-20(28)17(21(26)34-24)25-19(27)16(14-8-9-33-11-14)23(31)32-15-7-6-12-4-3-5-13(12)10-15/h6-11,16-18,21H,3-5H2,1-2H3,(H,25,27)(H,29,30)/t16?,17-,18+,21-/m1/s1. The molecule has 2 aliphatic heterocycles. The van der Waals surface area contributed by atoms with Crippen LogP contribution in [0.5, 0.6) is 5.75 Å². The van der Waals surface area contributed by atoms with Gasteiger partial charge in [-0.15, -0.1) is 11.8 Å². The summed E-state index contributed by atoms with van der Waals surface area (Å²) < 4.78 is 4.90. The lowest BCUT2D eigenvalue weighted by molar-refractivity contribution is -0.161. The van der Waals surface area contributed by atoms with Gasteiger partial charge in [0.1, 0.15) is 23.2 Å². The molecule has 2 aromatic rings. The van der Waals surface area contributed by atoms with Gasteiger partial charge in [-0.2, -0.15) is 11.3 Å². The zero-order valence-corrected chi connectivity index (χ0v) is 20.3. The molecule has 2 saturated heterocycles. The van der Waals surface area contributed by atoms with E-state index in [1.165, 1.54) is 33.6 Å². The first-order valence-electron chi connectivity index (χ1n) is 11.1. The maximum atomic E-state index is 13.3. The Labute approximate surface area is 204 Å². The van der Waals surface area contributed by atoms with Crippen LogP contribution in [0.25, 0.3) is 0 Å². The minimum Gasteiger partial charge on any atom is -0.480 e. The molecule has 3 aliphatic rings. The van der Waals surface area contributed by atoms with Crippen molar-refractivity contribution in [3.63, 3.8) is 0 Å². The summed E-state index contributed by atoms with van der Waals surface area (Å²) in [6.45, 7) is 3.53. The molecule has 3 heterocycles. The number of benzene rings is 1. The van der Waals surface area contributed by atoms with Gasteiger partial charge in [0.05, 0.1) is 0 Å². The molecule has 1 aromatic heterocycles. The zero-order chi connectivity index (χ0) is 24.2. The maximum absolute atomic E-state index is 13.3. The van der Waals surface area contributed by atoms with Crippen LogP contribution in [0.4, 0.5) is 0 Å². The molecule has 1 aliphatic carbocycles. The van der Waals surface area contributed by atoms with Gasteiger partial charge in [0, 0.05) is 4.75 Å². The Kier molecular flexibility index (Phi) is 5.68. The van der Waals surface area contributed by atoms with E-state index >= 15 is 0 Å². The molecule has 178 valence electrons. The van der Waals surface area contributed by atoms with Gasteiger partial charge in [-0.05, 0) is 78.8 Å². The second kappa shape index (κ2) is 8.42. The molecule has 1 aromatic carbocycles. The number of thioether (sulfide) groups is 1. The lowest BCUT2D eigenvalue weighted by Gasteiger charge is -2.43. The highest BCUT2D eigenvalue weighted by molar-refractivity contribution is 8.01. The molecule has 2 fully saturated rings. The average Bonchev–Trinajstić information content (AvgIpc) is 3.50. The second-order valence-corrected chi connectivity index (χ2v) is 11.8. The number of β-lactam (4-membered cyclic amide) rings is 1. The summed E-state index contributed by atoms with van der Waals surface area (Å²) in [5, 5.41) is 15.3. The topological polar surface area (TPSA) is 113 Å². The van der Waals surface area contributed by atoms with Crippen molar-refractivity contribution >= 4 is 46.9 Å². The molecule has 34 heavy (non-hydrogen) atoms. The quantitative estimate of drug-likeness (QED) is 0.271. The summed E-state index contributed by atoms with van der Waals surface area (Å²) in [5.74, 6) is -3.75. The first-order valence-corrected chi connectivity index (χ1v) is 12.9. The predicted octanol–water partition coefficient (Wildman–Crippen LogP) is 2.56. The monoisotopic (exact) mass is 500 g/mol. The van der Waals surface area contributed by atoms with E-state index in [-0.39, 0.29) is 0 Å². The summed E-state index contributed by atoms with van der Waals surface area (Å²) in [6.07, 6.45) is 3.01. The number of aryl methyl sites for hydroxylation is 2. The number of nitrogens with one attached hydrogen (secondary N) is 1. The van der Waals surface area contributed by atoms with E-state index in [2.05, 4.69) is 5.32 Å². The summed E-state index contributed by atoms with van der Waals surface area (Å²) in [6, 6.07) is 5.35. The third-order valence-corrected chi connectivity index (χ3v) is 8.91.